The number of amides is 1. The Labute approximate surface area is 160 Å². The molecule has 1 unspecified atom stereocenters. The van der Waals surface area contributed by atoms with E-state index in [0.717, 1.165) is 15.8 Å². The highest BCUT2D eigenvalue weighted by atomic mass is 79.9. The summed E-state index contributed by atoms with van der Waals surface area (Å²) >= 11 is 3.35. The first-order valence-corrected chi connectivity index (χ1v) is 9.04. The second-order valence-corrected chi connectivity index (χ2v) is 6.75. The summed E-state index contributed by atoms with van der Waals surface area (Å²) in [4.78, 5) is 12.6. The van der Waals surface area contributed by atoms with Crippen LogP contribution < -0.4 is 10.1 Å². The molecular weight excluding hydrogens is 398 g/mol. The molecule has 1 aromatic carbocycles. The number of hydrogen-bond acceptors (Lipinski definition) is 4. The van der Waals surface area contributed by atoms with Crippen LogP contribution in [0.5, 0.6) is 5.75 Å². The molecule has 0 saturated heterocycles. The molecule has 1 atom stereocenters. The Morgan fingerprint density at radius 2 is 2.15 bits per heavy atom. The number of rotatable bonds is 7. The summed E-state index contributed by atoms with van der Waals surface area (Å²) in [6.45, 7) is 2.54. The standard InChI is InChI=1S/C18H20BrN5O2/c1-3-17(24-11-14(19)8-21-24)18(25)22-15-9-20-23(12-15)10-13-5-4-6-16(7-13)26-2/h4-9,11-12,17H,3,10H2,1-2H3,(H,22,25). The van der Waals surface area contributed by atoms with Gasteiger partial charge in [0, 0.05) is 12.4 Å². The minimum atomic E-state index is -0.372. The van der Waals surface area contributed by atoms with Gasteiger partial charge in [0.15, 0.2) is 0 Å². The van der Waals surface area contributed by atoms with Crippen LogP contribution in [0.3, 0.4) is 0 Å². The number of aromatic nitrogens is 4. The molecule has 8 heteroatoms. The molecule has 0 spiro atoms. The smallest absolute Gasteiger partial charge is 0.249 e. The molecule has 0 aliphatic rings. The monoisotopic (exact) mass is 417 g/mol. The van der Waals surface area contributed by atoms with E-state index in [2.05, 4.69) is 31.4 Å². The molecule has 3 aromatic rings. The molecule has 7 nitrogen and oxygen atoms in total. The Bertz CT molecular complexity index is 889. The number of halogens is 1. The van der Waals surface area contributed by atoms with E-state index in [9.17, 15) is 4.79 Å². The lowest BCUT2D eigenvalue weighted by Gasteiger charge is -2.14. The van der Waals surface area contributed by atoms with Gasteiger partial charge in [0.25, 0.3) is 0 Å². The van der Waals surface area contributed by atoms with Crippen molar-refractivity contribution in [3.8, 4) is 5.75 Å². The first kappa shape index (κ1) is 18.2. The SMILES string of the molecule is CCC(C(=O)Nc1cnn(Cc2cccc(OC)c2)c1)n1cc(Br)cn1. The van der Waals surface area contributed by atoms with Crippen LogP contribution in [0, 0.1) is 0 Å². The minimum absolute atomic E-state index is 0.121. The molecule has 0 bridgehead atoms. The summed E-state index contributed by atoms with van der Waals surface area (Å²) in [6, 6.07) is 7.43. The number of nitrogens with one attached hydrogen (secondary N) is 1. The van der Waals surface area contributed by atoms with Gasteiger partial charge in [-0.05, 0) is 40.0 Å². The van der Waals surface area contributed by atoms with Crippen LogP contribution in [0.4, 0.5) is 5.69 Å². The third kappa shape index (κ3) is 4.32. The fourth-order valence-corrected chi connectivity index (χ4v) is 2.98. The van der Waals surface area contributed by atoms with Gasteiger partial charge in [-0.2, -0.15) is 10.2 Å². The van der Waals surface area contributed by atoms with Crippen LogP contribution in [0.15, 0.2) is 53.5 Å². The summed E-state index contributed by atoms with van der Waals surface area (Å²) in [5, 5.41) is 11.4. The van der Waals surface area contributed by atoms with Crippen LogP contribution in [-0.4, -0.2) is 32.6 Å². The molecule has 0 saturated carbocycles. The molecular formula is C18H20BrN5O2. The average molecular weight is 418 g/mol. The number of methoxy groups -OCH3 is 1. The van der Waals surface area contributed by atoms with Gasteiger partial charge >= 0.3 is 0 Å². The van der Waals surface area contributed by atoms with E-state index in [4.69, 9.17) is 4.74 Å². The quantitative estimate of drug-likeness (QED) is 0.638. The van der Waals surface area contributed by atoms with Crippen molar-refractivity contribution in [3.05, 3.63) is 59.1 Å². The molecule has 0 aliphatic carbocycles. The predicted molar refractivity (Wildman–Crippen MR) is 102 cm³/mol. The summed E-state index contributed by atoms with van der Waals surface area (Å²) in [6.07, 6.45) is 7.55. The lowest BCUT2D eigenvalue weighted by atomic mass is 10.2. The molecule has 26 heavy (non-hydrogen) atoms. The van der Waals surface area contributed by atoms with Gasteiger partial charge in [0.1, 0.15) is 11.8 Å². The average Bonchev–Trinajstić information content (AvgIpc) is 3.25. The van der Waals surface area contributed by atoms with Gasteiger partial charge in [-0.3, -0.25) is 14.2 Å². The summed E-state index contributed by atoms with van der Waals surface area (Å²) < 4.78 is 9.50. The van der Waals surface area contributed by atoms with Crippen molar-refractivity contribution in [2.24, 2.45) is 0 Å². The lowest BCUT2D eigenvalue weighted by Crippen LogP contribution is -2.25. The zero-order chi connectivity index (χ0) is 18.5. The van der Waals surface area contributed by atoms with E-state index >= 15 is 0 Å². The molecule has 0 radical (unpaired) electrons. The fourth-order valence-electron chi connectivity index (χ4n) is 2.68. The Kier molecular flexibility index (Phi) is 5.72. The van der Waals surface area contributed by atoms with Gasteiger partial charge in [-0.25, -0.2) is 0 Å². The first-order valence-electron chi connectivity index (χ1n) is 8.25. The number of ether oxygens (including phenoxy) is 1. The van der Waals surface area contributed by atoms with Crippen molar-refractivity contribution < 1.29 is 9.53 Å². The van der Waals surface area contributed by atoms with E-state index in [1.165, 1.54) is 0 Å². The maximum atomic E-state index is 12.6. The normalized spacial score (nSPS) is 12.0. The summed E-state index contributed by atoms with van der Waals surface area (Å²) in [5.41, 5.74) is 1.72. The van der Waals surface area contributed by atoms with Crippen molar-refractivity contribution >= 4 is 27.5 Å². The summed E-state index contributed by atoms with van der Waals surface area (Å²) in [7, 11) is 1.64. The molecule has 3 rings (SSSR count). The largest absolute Gasteiger partial charge is 0.497 e. The van der Waals surface area contributed by atoms with Crippen molar-refractivity contribution in [1.82, 2.24) is 19.6 Å². The number of nitrogens with zero attached hydrogens (tertiary/aromatic N) is 4. The van der Waals surface area contributed by atoms with E-state index < -0.39 is 0 Å². The Hall–Kier alpha value is -2.61. The highest BCUT2D eigenvalue weighted by molar-refractivity contribution is 9.10. The number of carbonyl (C=O) groups excluding carboxylic acids is 1. The zero-order valence-corrected chi connectivity index (χ0v) is 16.2. The van der Waals surface area contributed by atoms with Crippen molar-refractivity contribution in [2.75, 3.05) is 12.4 Å². The second kappa shape index (κ2) is 8.18. The van der Waals surface area contributed by atoms with Crippen LogP contribution in [0.2, 0.25) is 0 Å². The first-order chi connectivity index (χ1) is 12.6. The molecule has 1 N–H and O–H groups in total. The minimum Gasteiger partial charge on any atom is -0.497 e. The highest BCUT2D eigenvalue weighted by Crippen LogP contribution is 2.18. The van der Waals surface area contributed by atoms with Crippen LogP contribution >= 0.6 is 15.9 Å². The van der Waals surface area contributed by atoms with Gasteiger partial charge in [0.2, 0.25) is 5.91 Å². The molecule has 2 aromatic heterocycles. The predicted octanol–water partition coefficient (Wildman–Crippen LogP) is 3.49. The fraction of sp³-hybridized carbons (Fsp3) is 0.278. The molecule has 1 amide bonds. The molecule has 0 aliphatic heterocycles. The van der Waals surface area contributed by atoms with Gasteiger partial charge in [-0.15, -0.1) is 0 Å². The molecule has 2 heterocycles. The van der Waals surface area contributed by atoms with Crippen LogP contribution in [0.25, 0.3) is 0 Å². The topological polar surface area (TPSA) is 74.0 Å². The Morgan fingerprint density at radius 3 is 2.85 bits per heavy atom. The number of benzene rings is 1. The Morgan fingerprint density at radius 1 is 1.31 bits per heavy atom. The van der Waals surface area contributed by atoms with Gasteiger partial charge in [-0.1, -0.05) is 19.1 Å². The molecule has 136 valence electrons. The highest BCUT2D eigenvalue weighted by Gasteiger charge is 2.20. The van der Waals surface area contributed by atoms with Crippen LogP contribution in [0.1, 0.15) is 24.9 Å². The summed E-state index contributed by atoms with van der Waals surface area (Å²) in [5.74, 6) is 0.684. The number of hydrogen-bond donors (Lipinski definition) is 1. The maximum Gasteiger partial charge on any atom is 0.249 e. The van der Waals surface area contributed by atoms with Crippen molar-refractivity contribution in [3.63, 3.8) is 0 Å². The van der Waals surface area contributed by atoms with E-state index in [1.807, 2.05) is 37.4 Å². The third-order valence-corrected chi connectivity index (χ3v) is 4.37. The van der Waals surface area contributed by atoms with Crippen LogP contribution in [-0.2, 0) is 11.3 Å². The van der Waals surface area contributed by atoms with Gasteiger partial charge < -0.3 is 10.1 Å². The second-order valence-electron chi connectivity index (χ2n) is 5.83. The Balaban J connectivity index is 1.66. The number of anilines is 1. The van der Waals surface area contributed by atoms with Crippen molar-refractivity contribution in [2.45, 2.75) is 25.9 Å². The van der Waals surface area contributed by atoms with E-state index in [0.29, 0.717) is 18.7 Å². The molecule has 0 fully saturated rings. The van der Waals surface area contributed by atoms with E-state index in [-0.39, 0.29) is 11.9 Å². The number of carbonyl (C=O) groups is 1. The zero-order valence-electron chi connectivity index (χ0n) is 14.6. The van der Waals surface area contributed by atoms with Crippen molar-refractivity contribution in [1.29, 1.82) is 0 Å². The maximum absolute atomic E-state index is 12.6. The van der Waals surface area contributed by atoms with Gasteiger partial charge in [0.05, 0.1) is 36.2 Å². The lowest BCUT2D eigenvalue weighted by molar-refractivity contribution is -0.119. The third-order valence-electron chi connectivity index (χ3n) is 3.96. The van der Waals surface area contributed by atoms with E-state index in [1.54, 1.807) is 35.1 Å².